The molecule has 0 saturated heterocycles. The van der Waals surface area contributed by atoms with Gasteiger partial charge in [-0.25, -0.2) is 0 Å². The summed E-state index contributed by atoms with van der Waals surface area (Å²) in [4.78, 5) is 4.37. The fourth-order valence-electron chi connectivity index (χ4n) is 2.13. The second-order valence-corrected chi connectivity index (χ2v) is 4.72. The monoisotopic (exact) mass is 239 g/mol. The van der Waals surface area contributed by atoms with E-state index in [0.29, 0.717) is 0 Å². The van der Waals surface area contributed by atoms with Crippen LogP contribution in [0.2, 0.25) is 0 Å². The van der Waals surface area contributed by atoms with Crippen molar-refractivity contribution in [3.8, 4) is 11.3 Å². The summed E-state index contributed by atoms with van der Waals surface area (Å²) in [5.74, 6) is 0. The molecule has 1 aromatic heterocycles. The van der Waals surface area contributed by atoms with Gasteiger partial charge in [-0.05, 0) is 30.5 Å². The van der Waals surface area contributed by atoms with Crippen LogP contribution in [0.25, 0.3) is 11.3 Å². The average molecular weight is 239 g/mol. The van der Waals surface area contributed by atoms with Gasteiger partial charge in [0.25, 0.3) is 0 Å². The number of aromatic nitrogens is 1. The fourth-order valence-corrected chi connectivity index (χ4v) is 2.13. The van der Waals surface area contributed by atoms with Crippen LogP contribution in [0.5, 0.6) is 0 Å². The normalized spacial score (nSPS) is 10.5. The number of benzene rings is 1. The van der Waals surface area contributed by atoms with Gasteiger partial charge in [-0.2, -0.15) is 0 Å². The Hall–Kier alpha value is -1.63. The summed E-state index contributed by atoms with van der Waals surface area (Å²) in [6.07, 6.45) is 8.34. The summed E-state index contributed by atoms with van der Waals surface area (Å²) in [7, 11) is 0. The zero-order valence-corrected chi connectivity index (χ0v) is 11.1. The van der Waals surface area contributed by atoms with Crippen molar-refractivity contribution in [2.45, 2.75) is 39.0 Å². The van der Waals surface area contributed by atoms with Crippen LogP contribution in [0.1, 0.15) is 38.2 Å². The highest BCUT2D eigenvalue weighted by Crippen LogP contribution is 2.17. The maximum atomic E-state index is 4.37. The van der Waals surface area contributed by atoms with Gasteiger partial charge in [-0.3, -0.25) is 4.98 Å². The van der Waals surface area contributed by atoms with Gasteiger partial charge in [-0.1, -0.05) is 56.5 Å². The molecule has 1 heterocycles. The molecule has 0 amide bonds. The number of aryl methyl sites for hydroxylation is 1. The zero-order chi connectivity index (χ0) is 12.6. The second-order valence-electron chi connectivity index (χ2n) is 4.72. The average Bonchev–Trinajstić information content (AvgIpc) is 2.45. The summed E-state index contributed by atoms with van der Waals surface area (Å²) in [5.41, 5.74) is 3.69. The molecule has 0 unspecified atom stereocenters. The third-order valence-electron chi connectivity index (χ3n) is 3.23. The van der Waals surface area contributed by atoms with Crippen molar-refractivity contribution in [3.63, 3.8) is 0 Å². The van der Waals surface area contributed by atoms with Crippen LogP contribution < -0.4 is 0 Å². The molecule has 0 aliphatic carbocycles. The minimum absolute atomic E-state index is 1.05. The molecular weight excluding hydrogens is 218 g/mol. The molecule has 2 rings (SSSR count). The molecule has 0 bridgehead atoms. The van der Waals surface area contributed by atoms with Crippen molar-refractivity contribution < 1.29 is 0 Å². The maximum Gasteiger partial charge on any atom is 0.0701 e. The SMILES string of the molecule is CCCCCCc1ccc(-c2ccccn2)cc1. The number of hydrogen-bond acceptors (Lipinski definition) is 1. The first kappa shape index (κ1) is 12.8. The number of rotatable bonds is 6. The van der Waals surface area contributed by atoms with Crippen LogP contribution in [0.3, 0.4) is 0 Å². The minimum Gasteiger partial charge on any atom is -0.256 e. The molecule has 0 atom stereocenters. The lowest BCUT2D eigenvalue weighted by molar-refractivity contribution is 0.667. The molecule has 1 aromatic carbocycles. The van der Waals surface area contributed by atoms with Gasteiger partial charge in [0.15, 0.2) is 0 Å². The largest absolute Gasteiger partial charge is 0.256 e. The van der Waals surface area contributed by atoms with Crippen molar-refractivity contribution >= 4 is 0 Å². The van der Waals surface area contributed by atoms with Crippen LogP contribution in [-0.2, 0) is 6.42 Å². The first-order valence-electron chi connectivity index (χ1n) is 6.90. The van der Waals surface area contributed by atoms with Gasteiger partial charge < -0.3 is 0 Å². The van der Waals surface area contributed by atoms with Gasteiger partial charge in [0.1, 0.15) is 0 Å². The third-order valence-corrected chi connectivity index (χ3v) is 3.23. The van der Waals surface area contributed by atoms with Crippen LogP contribution >= 0.6 is 0 Å². The lowest BCUT2D eigenvalue weighted by Crippen LogP contribution is -1.87. The molecule has 0 radical (unpaired) electrons. The smallest absolute Gasteiger partial charge is 0.0701 e. The first-order valence-corrected chi connectivity index (χ1v) is 6.90. The van der Waals surface area contributed by atoms with Gasteiger partial charge in [0.05, 0.1) is 5.69 Å². The summed E-state index contributed by atoms with van der Waals surface area (Å²) < 4.78 is 0. The topological polar surface area (TPSA) is 12.9 Å². The number of hydrogen-bond donors (Lipinski definition) is 0. The molecule has 1 heteroatoms. The van der Waals surface area contributed by atoms with Gasteiger partial charge in [0, 0.05) is 11.8 Å². The molecule has 0 aliphatic heterocycles. The summed E-state index contributed by atoms with van der Waals surface area (Å²) in [6.45, 7) is 2.25. The fraction of sp³-hybridized carbons (Fsp3) is 0.353. The third kappa shape index (κ3) is 3.69. The van der Waals surface area contributed by atoms with E-state index in [1.165, 1.54) is 43.2 Å². The minimum atomic E-state index is 1.05. The van der Waals surface area contributed by atoms with E-state index in [2.05, 4.69) is 42.2 Å². The summed E-state index contributed by atoms with van der Waals surface area (Å²) in [6, 6.07) is 14.9. The van der Waals surface area contributed by atoms with Crippen LogP contribution in [0, 0.1) is 0 Å². The Bertz CT molecular complexity index is 445. The van der Waals surface area contributed by atoms with Gasteiger partial charge in [0.2, 0.25) is 0 Å². The summed E-state index contributed by atoms with van der Waals surface area (Å²) in [5, 5.41) is 0. The standard InChI is InChI=1S/C17H21N/c1-2-3-4-5-8-15-10-12-16(13-11-15)17-9-6-7-14-18-17/h6-7,9-14H,2-5,8H2,1H3. The molecule has 2 aromatic rings. The Labute approximate surface area is 110 Å². The van der Waals surface area contributed by atoms with E-state index in [4.69, 9.17) is 0 Å². The highest BCUT2D eigenvalue weighted by Gasteiger charge is 1.98. The summed E-state index contributed by atoms with van der Waals surface area (Å²) >= 11 is 0. The van der Waals surface area contributed by atoms with Crippen LogP contribution in [0.15, 0.2) is 48.7 Å². The van der Waals surface area contributed by atoms with Crippen LogP contribution in [-0.4, -0.2) is 4.98 Å². The van der Waals surface area contributed by atoms with Crippen molar-refractivity contribution in [1.29, 1.82) is 0 Å². The Morgan fingerprint density at radius 3 is 2.39 bits per heavy atom. The van der Waals surface area contributed by atoms with E-state index >= 15 is 0 Å². The Kier molecular flexibility index (Phi) is 4.95. The molecule has 0 N–H and O–H groups in total. The number of nitrogens with zero attached hydrogens (tertiary/aromatic N) is 1. The highest BCUT2D eigenvalue weighted by molar-refractivity contribution is 5.58. The Balaban J connectivity index is 1.94. The molecule has 94 valence electrons. The Morgan fingerprint density at radius 2 is 1.72 bits per heavy atom. The second kappa shape index (κ2) is 6.95. The molecular formula is C17H21N. The van der Waals surface area contributed by atoms with Crippen molar-refractivity contribution in [2.75, 3.05) is 0 Å². The quantitative estimate of drug-likeness (QED) is 0.655. The number of unbranched alkanes of at least 4 members (excludes halogenated alkanes) is 3. The predicted molar refractivity (Wildman–Crippen MR) is 77.5 cm³/mol. The highest BCUT2D eigenvalue weighted by atomic mass is 14.7. The molecule has 0 spiro atoms. The van der Waals surface area contributed by atoms with Gasteiger partial charge >= 0.3 is 0 Å². The maximum absolute atomic E-state index is 4.37. The van der Waals surface area contributed by atoms with E-state index < -0.39 is 0 Å². The molecule has 0 aliphatic rings. The molecule has 18 heavy (non-hydrogen) atoms. The Morgan fingerprint density at radius 1 is 0.889 bits per heavy atom. The van der Waals surface area contributed by atoms with E-state index in [1.807, 2.05) is 18.3 Å². The van der Waals surface area contributed by atoms with Gasteiger partial charge in [-0.15, -0.1) is 0 Å². The lowest BCUT2D eigenvalue weighted by atomic mass is 10.0. The van der Waals surface area contributed by atoms with E-state index in [0.717, 1.165) is 5.69 Å². The number of pyridine rings is 1. The first-order chi connectivity index (χ1) is 8.90. The molecule has 1 nitrogen and oxygen atoms in total. The van der Waals surface area contributed by atoms with E-state index in [9.17, 15) is 0 Å². The van der Waals surface area contributed by atoms with Crippen LogP contribution in [0.4, 0.5) is 0 Å². The zero-order valence-electron chi connectivity index (χ0n) is 11.1. The lowest BCUT2D eigenvalue weighted by Gasteiger charge is -2.04. The van der Waals surface area contributed by atoms with E-state index in [1.54, 1.807) is 0 Å². The van der Waals surface area contributed by atoms with Crippen molar-refractivity contribution in [3.05, 3.63) is 54.2 Å². The van der Waals surface area contributed by atoms with Crippen molar-refractivity contribution in [2.24, 2.45) is 0 Å². The van der Waals surface area contributed by atoms with Crippen molar-refractivity contribution in [1.82, 2.24) is 4.98 Å². The molecule has 0 fully saturated rings. The predicted octanol–water partition coefficient (Wildman–Crippen LogP) is 4.87. The van der Waals surface area contributed by atoms with E-state index in [-0.39, 0.29) is 0 Å². The molecule has 0 saturated carbocycles.